The molecule has 0 bridgehead atoms. The lowest BCUT2D eigenvalue weighted by Gasteiger charge is -2.13. The van der Waals surface area contributed by atoms with E-state index in [1.165, 1.54) is 77.8 Å². The van der Waals surface area contributed by atoms with Gasteiger partial charge >= 0.3 is 0 Å². The summed E-state index contributed by atoms with van der Waals surface area (Å²) < 4.78 is 165. The molecule has 15 rings (SSSR count). The Bertz CT molecular complexity index is 6630. The number of anilines is 9. The van der Waals surface area contributed by atoms with Gasteiger partial charge in [-0.2, -0.15) is 0 Å². The molecule has 0 atom stereocenters. The van der Waals surface area contributed by atoms with Crippen molar-refractivity contribution >= 4 is 69.7 Å². The lowest BCUT2D eigenvalue weighted by atomic mass is 10.1. The Morgan fingerprint density at radius 1 is 0.398 bits per heavy atom. The van der Waals surface area contributed by atoms with E-state index in [9.17, 15) is 14.4 Å². The van der Waals surface area contributed by atoms with Gasteiger partial charge in [0.25, 0.3) is 17.7 Å². The fraction of sp³-hybridized carbons (Fsp3) is 0.105. The van der Waals surface area contributed by atoms with E-state index >= 15 is 0 Å². The minimum Gasteiger partial charge on any atom is -0.324 e. The number of aryl methyl sites for hydroxylation is 9. The number of imidazole rings is 1. The van der Waals surface area contributed by atoms with Crippen molar-refractivity contribution in [3.05, 3.63) is 336 Å². The molecule has 22 nitrogen and oxygen atoms in total. The van der Waals surface area contributed by atoms with E-state index < -0.39 is 74.5 Å². The molecule has 9 aromatic heterocycles. The summed E-state index contributed by atoms with van der Waals surface area (Å²) in [6.45, 7) is 8.12. The maximum Gasteiger partial charge on any atom is 0.255 e. The molecule has 15 aromatic rings. The van der Waals surface area contributed by atoms with Gasteiger partial charge in [-0.3, -0.25) is 29.3 Å². The summed E-state index contributed by atoms with van der Waals surface area (Å²) in [4.78, 5) is 80.8. The minimum absolute atomic E-state index is 0.0222. The van der Waals surface area contributed by atoms with Gasteiger partial charge in [0.1, 0.15) is 0 Å². The number of carbonyl (C=O) groups is 3. The molecule has 3 amide bonds. The summed E-state index contributed by atoms with van der Waals surface area (Å²) in [5.41, 5.74) is 11.5. The second-order valence-electron chi connectivity index (χ2n) is 24.6. The van der Waals surface area contributed by atoms with Crippen LogP contribution in [0, 0.1) is 62.2 Å². The molecule has 0 aliphatic heterocycles. The predicted molar refractivity (Wildman–Crippen MR) is 427 cm³/mol. The normalized spacial score (nSPS) is 13.6. The third-order valence-electron chi connectivity index (χ3n) is 16.0. The molecule has 0 fully saturated rings. The highest BCUT2D eigenvalue weighted by Crippen LogP contribution is 2.30. The highest BCUT2D eigenvalue weighted by molar-refractivity contribution is 6.07. The number of nitrogens with one attached hydrogen (secondary N) is 6. The van der Waals surface area contributed by atoms with Gasteiger partial charge in [-0.05, 0) is 264 Å². The van der Waals surface area contributed by atoms with Crippen LogP contribution in [0.4, 0.5) is 52.0 Å². The molecule has 6 aromatic carbocycles. The zero-order valence-electron chi connectivity index (χ0n) is 78.9. The van der Waals surface area contributed by atoms with Crippen molar-refractivity contribution in [3.63, 3.8) is 0 Å². The van der Waals surface area contributed by atoms with Crippen molar-refractivity contribution in [2.75, 3.05) is 31.9 Å². The van der Waals surface area contributed by atoms with Crippen molar-refractivity contribution in [2.24, 2.45) is 0 Å². The Kier molecular flexibility index (Phi) is 15.5. The maximum absolute atomic E-state index is 13.3. The zero-order chi connectivity index (χ0) is 92.4. The monoisotopic (exact) mass is 1440 g/mol. The number of amides is 3. The summed E-state index contributed by atoms with van der Waals surface area (Å²) in [6, 6.07) is 35.5. The first-order valence-corrected chi connectivity index (χ1v) is 33.2. The SMILES string of the molecule is [2H]c1nc([2H])c(-c2ccnc(Nc3cc(C(=O)Nc4cc(C)cc(-n5c([2H])cc(C)c5[2H])c4)ccc3C)n2)c([2H])c1[2H].[2H]c1nc([2H])c(-c2ccnc(Nc3cc(C(=O)Nc4cc(C)cc(-n5ccc(C)c5)c4)ccc3C([2H])([2H])[2H])n2)c([2H])c1[2H].[2H]c1nc([2H])c(-c2ccnc(Nc3cc(C(=O)Nc4cc(C)cc(-n5cnc(C)c5)c4)ccc3C([2H])([2H])[2H])n2)c([2H])c1[2H]. The number of hydrogen-bond acceptors (Lipinski definition) is 16. The molecule has 0 unspecified atom stereocenters. The number of hydrogen-bond donors (Lipinski definition) is 6. The highest BCUT2D eigenvalue weighted by atomic mass is 16.2. The van der Waals surface area contributed by atoms with Gasteiger partial charge in [-0.25, -0.2) is 34.9 Å². The molecule has 0 saturated heterocycles. The summed E-state index contributed by atoms with van der Waals surface area (Å²) in [5.74, 6) is -1.29. The highest BCUT2D eigenvalue weighted by Gasteiger charge is 2.17. The van der Waals surface area contributed by atoms with Crippen LogP contribution in [0.5, 0.6) is 0 Å². The largest absolute Gasteiger partial charge is 0.324 e. The van der Waals surface area contributed by atoms with Gasteiger partial charge in [0.05, 0.1) is 48.3 Å². The lowest BCUT2D eigenvalue weighted by molar-refractivity contribution is 0.101. The number of rotatable bonds is 18. The molecule has 6 N–H and O–H groups in total. The van der Waals surface area contributed by atoms with E-state index in [1.807, 2.05) is 118 Å². The second kappa shape index (κ2) is 32.9. The van der Waals surface area contributed by atoms with E-state index in [-0.39, 0.29) is 128 Å². The number of benzene rings is 6. The molecule has 0 radical (unpaired) electrons. The van der Waals surface area contributed by atoms with Gasteiger partial charge in [-0.1, -0.05) is 18.2 Å². The van der Waals surface area contributed by atoms with Crippen LogP contribution in [0.1, 0.15) is 109 Å². The smallest absolute Gasteiger partial charge is 0.255 e. The Morgan fingerprint density at radius 3 is 1.19 bits per heavy atom. The number of nitrogens with zero attached hydrogens (tertiary/aromatic N) is 13. The van der Waals surface area contributed by atoms with E-state index in [1.54, 1.807) is 49.6 Å². The topological polar surface area (TPSA) is 267 Å². The second-order valence-corrected chi connectivity index (χ2v) is 24.6. The van der Waals surface area contributed by atoms with Crippen molar-refractivity contribution in [2.45, 2.75) is 62.2 Å². The van der Waals surface area contributed by atoms with Crippen molar-refractivity contribution < 1.29 is 41.8 Å². The molecule has 0 aliphatic rings. The van der Waals surface area contributed by atoms with Crippen LogP contribution in [0.25, 0.3) is 50.8 Å². The standard InChI is InChI=1S/2C29H26N6O.C28H25N7O/c2*1-19-9-12-35(18-19)25-14-20(2)13-24(16-25)32-28(36)22-7-6-21(3)27(15-22)34-29-31-11-8-26(33-29)23-5-4-10-30-17-23;1-18-11-23(14-24(12-18)35-16-20(3)31-17-35)32-27(36)21-7-6-19(2)26(13-21)34-28-30-10-8-25(33-28)22-5-4-9-29-15-22/h2*4-18H,1-3H3,(H,32,36)(H,31,33,34);4-17H,1-3H3,(H,32,36)(H,30,33,34)/i4D,5D,10D,12D,17D,18D;3D3,4D,5D,10D,17D;2D3,4D,5D,9D,15D. The Labute approximate surface area is 653 Å². The van der Waals surface area contributed by atoms with E-state index in [0.29, 0.717) is 39.6 Å². The molecule has 534 valence electrons. The van der Waals surface area contributed by atoms with Crippen LogP contribution >= 0.6 is 0 Å². The Balaban J connectivity index is 0.000000164. The van der Waals surface area contributed by atoms with Gasteiger partial charge in [0.15, 0.2) is 0 Å². The van der Waals surface area contributed by atoms with Crippen LogP contribution in [0.15, 0.2) is 269 Å². The molecule has 22 heteroatoms. The van der Waals surface area contributed by atoms with Crippen LogP contribution in [-0.4, -0.2) is 81.3 Å². The van der Waals surface area contributed by atoms with Crippen molar-refractivity contribution in [1.82, 2.24) is 63.5 Å². The van der Waals surface area contributed by atoms with Gasteiger partial charge in [0.2, 0.25) is 17.8 Å². The van der Waals surface area contributed by atoms with Crippen molar-refractivity contribution in [1.29, 1.82) is 0 Å². The van der Waals surface area contributed by atoms with Gasteiger partial charge in [-0.15, -0.1) is 0 Å². The third kappa shape index (κ3) is 18.5. The molecule has 0 saturated carbocycles. The van der Waals surface area contributed by atoms with Crippen LogP contribution in [0.2, 0.25) is 0 Å². The molecule has 0 aliphatic carbocycles. The molecule has 108 heavy (non-hydrogen) atoms. The Hall–Kier alpha value is -14.4. The quantitative estimate of drug-likeness (QED) is 0.0466. The third-order valence-corrected chi connectivity index (χ3v) is 16.0. The summed E-state index contributed by atoms with van der Waals surface area (Å²) in [5, 5.41) is 17.5. The first-order chi connectivity index (χ1) is 60.5. The molecular weight excluding hydrogens is 1350 g/mol. The van der Waals surface area contributed by atoms with Crippen LogP contribution in [-0.2, 0) is 0 Å². The van der Waals surface area contributed by atoms with Crippen LogP contribution in [0.3, 0.4) is 0 Å². The lowest BCUT2D eigenvalue weighted by Crippen LogP contribution is -2.13. The average Bonchev–Trinajstić information content (AvgIpc) is 0.838. The van der Waals surface area contributed by atoms with E-state index in [2.05, 4.69) is 81.7 Å². The summed E-state index contributed by atoms with van der Waals surface area (Å²) in [7, 11) is 0. The summed E-state index contributed by atoms with van der Waals surface area (Å²) >= 11 is 0. The van der Waals surface area contributed by atoms with Crippen LogP contribution < -0.4 is 31.9 Å². The molecule has 0 spiro atoms. The first kappa shape index (κ1) is 50.9. The van der Waals surface area contributed by atoms with E-state index in [0.717, 1.165) is 44.9 Å². The zero-order valence-corrected chi connectivity index (χ0v) is 58.9. The predicted octanol–water partition coefficient (Wildman–Crippen LogP) is 18.1. The van der Waals surface area contributed by atoms with Gasteiger partial charge < -0.3 is 45.6 Å². The fourth-order valence-corrected chi connectivity index (χ4v) is 10.9. The Morgan fingerprint density at radius 2 is 0.806 bits per heavy atom. The van der Waals surface area contributed by atoms with E-state index in [4.69, 9.17) is 27.4 Å². The number of carbonyl (C=O) groups excluding carboxylic acids is 3. The fourth-order valence-electron chi connectivity index (χ4n) is 10.9. The summed E-state index contributed by atoms with van der Waals surface area (Å²) in [6.07, 6.45) is 9.41. The molecule has 9 heterocycles. The average molecular weight is 1440 g/mol. The molecular formula is C86H77N19O3. The number of aromatic nitrogens is 13. The first-order valence-electron chi connectivity index (χ1n) is 43.2. The maximum atomic E-state index is 13.3. The van der Waals surface area contributed by atoms with Gasteiger partial charge in [0, 0.05) is 179 Å². The van der Waals surface area contributed by atoms with Crippen molar-refractivity contribution in [3.8, 4) is 50.8 Å². The minimum atomic E-state index is -2.54. The number of pyridine rings is 3.